The average molecular weight is 404 g/mol. The summed E-state index contributed by atoms with van der Waals surface area (Å²) in [6.45, 7) is 3.44. The summed E-state index contributed by atoms with van der Waals surface area (Å²) in [5.74, 6) is 0. The number of nitrogens with zero attached hydrogens (tertiary/aromatic N) is 2. The monoisotopic (exact) mass is 403 g/mol. The van der Waals surface area contributed by atoms with Crippen molar-refractivity contribution in [3.63, 3.8) is 0 Å². The molecule has 1 heterocycles. The molecule has 28 heavy (non-hydrogen) atoms. The molecule has 0 spiro atoms. The van der Waals surface area contributed by atoms with E-state index in [0.29, 0.717) is 17.9 Å². The Kier molecular flexibility index (Phi) is 6.33. The molecule has 1 aliphatic heterocycles. The molecule has 2 aromatic rings. The second kappa shape index (κ2) is 8.72. The average Bonchev–Trinajstić information content (AvgIpc) is 2.86. The Hall–Kier alpha value is -2.42. The number of benzene rings is 1. The Bertz CT molecular complexity index is 956. The summed E-state index contributed by atoms with van der Waals surface area (Å²) in [4.78, 5) is 16.4. The number of anilines is 2. The van der Waals surface area contributed by atoms with Gasteiger partial charge in [0.1, 0.15) is 0 Å². The zero-order valence-corrected chi connectivity index (χ0v) is 16.6. The molecule has 7 nitrogen and oxygen atoms in total. The molecule has 0 aliphatic carbocycles. The summed E-state index contributed by atoms with van der Waals surface area (Å²) in [6, 6.07) is 15.6. The first-order valence-electron chi connectivity index (χ1n) is 9.14. The van der Waals surface area contributed by atoms with E-state index in [1.54, 1.807) is 36.4 Å². The number of β-amino-alcohol motifs (C(OH)–C–C–N with tert-alkyl or cyclic N) is 1. The van der Waals surface area contributed by atoms with Crippen LogP contribution in [0.4, 0.5) is 11.4 Å². The Labute approximate surface area is 165 Å². The zero-order valence-electron chi connectivity index (χ0n) is 15.8. The van der Waals surface area contributed by atoms with Crippen molar-refractivity contribution in [3.05, 3.63) is 70.4 Å². The molecular weight excluding hydrogens is 378 g/mol. The summed E-state index contributed by atoms with van der Waals surface area (Å²) < 4.78 is 24.9. The molecule has 8 heteroatoms. The van der Waals surface area contributed by atoms with Gasteiger partial charge >= 0.3 is 0 Å². The topological polar surface area (TPSA) is 89.9 Å². The molecule has 2 aromatic carbocycles. The van der Waals surface area contributed by atoms with Crippen molar-refractivity contribution in [1.82, 2.24) is 4.90 Å². The number of hydrogen-bond donors (Lipinski definition) is 2. The maximum absolute atomic E-state index is 12.1. The van der Waals surface area contributed by atoms with Gasteiger partial charge in [-0.05, 0) is 29.8 Å². The third-order valence-electron chi connectivity index (χ3n) is 4.72. The standard InChI is InChI=1S/C20H25N3O4S/c1-28(26,27)21-17-9-7-16(8-10-17)20(25)15-22-11-13-23(14-12-22)18-5-3-2-4-6-19(18)24/h2-10,20-21,25H,11-15H2,1H3. The minimum absolute atomic E-state index is 0.0151. The molecule has 1 aliphatic rings. The quantitative estimate of drug-likeness (QED) is 0.755. The van der Waals surface area contributed by atoms with Crippen molar-refractivity contribution < 1.29 is 13.5 Å². The van der Waals surface area contributed by atoms with Gasteiger partial charge in [-0.2, -0.15) is 0 Å². The highest BCUT2D eigenvalue weighted by molar-refractivity contribution is 7.92. The fraction of sp³-hybridized carbons (Fsp3) is 0.350. The van der Waals surface area contributed by atoms with Crippen LogP contribution >= 0.6 is 0 Å². The molecule has 1 saturated heterocycles. The highest BCUT2D eigenvalue weighted by atomic mass is 32.2. The van der Waals surface area contributed by atoms with Gasteiger partial charge in [-0.15, -0.1) is 0 Å². The van der Waals surface area contributed by atoms with Gasteiger partial charge in [-0.1, -0.05) is 30.3 Å². The van der Waals surface area contributed by atoms with Crippen molar-refractivity contribution in [1.29, 1.82) is 0 Å². The third-order valence-corrected chi connectivity index (χ3v) is 5.33. The summed E-state index contributed by atoms with van der Waals surface area (Å²) in [5.41, 5.74) is 1.93. The summed E-state index contributed by atoms with van der Waals surface area (Å²) in [7, 11) is -3.32. The second-order valence-corrected chi connectivity index (χ2v) is 8.71. The lowest BCUT2D eigenvalue weighted by Gasteiger charge is -2.36. The van der Waals surface area contributed by atoms with E-state index in [2.05, 4.69) is 14.5 Å². The lowest BCUT2D eigenvalue weighted by atomic mass is 10.1. The predicted octanol–water partition coefficient (Wildman–Crippen LogP) is 1.27. The van der Waals surface area contributed by atoms with E-state index in [4.69, 9.17) is 0 Å². The summed E-state index contributed by atoms with van der Waals surface area (Å²) in [5, 5.41) is 10.5. The summed E-state index contributed by atoms with van der Waals surface area (Å²) >= 11 is 0. The Morgan fingerprint density at radius 2 is 1.64 bits per heavy atom. The van der Waals surface area contributed by atoms with Gasteiger partial charge < -0.3 is 10.0 Å². The minimum Gasteiger partial charge on any atom is -0.387 e. The maximum atomic E-state index is 12.1. The van der Waals surface area contributed by atoms with Crippen LogP contribution in [0, 0.1) is 0 Å². The number of aliphatic hydroxyl groups excluding tert-OH is 1. The maximum Gasteiger partial charge on any atom is 0.229 e. The lowest BCUT2D eigenvalue weighted by Crippen LogP contribution is -2.48. The van der Waals surface area contributed by atoms with E-state index in [1.165, 1.54) is 0 Å². The first kappa shape index (κ1) is 20.3. The van der Waals surface area contributed by atoms with Crippen molar-refractivity contribution in [2.75, 3.05) is 48.6 Å². The third kappa shape index (κ3) is 5.54. The van der Waals surface area contributed by atoms with Crippen LogP contribution in [0.15, 0.2) is 59.4 Å². The van der Waals surface area contributed by atoms with Crippen molar-refractivity contribution in [2.24, 2.45) is 0 Å². The molecule has 0 bridgehead atoms. The van der Waals surface area contributed by atoms with Gasteiger partial charge in [-0.3, -0.25) is 14.4 Å². The largest absolute Gasteiger partial charge is 0.387 e. The SMILES string of the molecule is CS(=O)(=O)Nc1ccc(C(O)CN2CCN(c3cccccc3=O)CC2)cc1. The smallest absolute Gasteiger partial charge is 0.229 e. The number of sulfonamides is 1. The first-order valence-corrected chi connectivity index (χ1v) is 11.0. The van der Waals surface area contributed by atoms with Crippen LogP contribution in [0.2, 0.25) is 0 Å². The van der Waals surface area contributed by atoms with Crippen LogP contribution in [0.3, 0.4) is 0 Å². The number of aliphatic hydroxyl groups is 1. The highest BCUT2D eigenvalue weighted by Crippen LogP contribution is 2.19. The molecule has 0 amide bonds. The van der Waals surface area contributed by atoms with E-state index >= 15 is 0 Å². The fourth-order valence-corrected chi connectivity index (χ4v) is 3.86. The number of nitrogens with one attached hydrogen (secondary N) is 1. The molecule has 2 N–H and O–H groups in total. The van der Waals surface area contributed by atoms with E-state index in [1.807, 2.05) is 18.2 Å². The molecular formula is C20H25N3O4S. The van der Waals surface area contributed by atoms with Gasteiger partial charge in [0.15, 0.2) is 0 Å². The molecule has 0 aromatic heterocycles. The van der Waals surface area contributed by atoms with E-state index in [9.17, 15) is 18.3 Å². The Morgan fingerprint density at radius 1 is 1.00 bits per heavy atom. The predicted molar refractivity (Wildman–Crippen MR) is 111 cm³/mol. The van der Waals surface area contributed by atoms with Gasteiger partial charge in [0, 0.05) is 38.4 Å². The van der Waals surface area contributed by atoms with Crippen LogP contribution in [0.1, 0.15) is 11.7 Å². The molecule has 1 unspecified atom stereocenters. The highest BCUT2D eigenvalue weighted by Gasteiger charge is 2.21. The normalized spacial score (nSPS) is 16.6. The summed E-state index contributed by atoms with van der Waals surface area (Å²) in [6.07, 6.45) is 0.434. The van der Waals surface area contributed by atoms with E-state index in [0.717, 1.165) is 38.0 Å². The molecule has 150 valence electrons. The molecule has 3 rings (SSSR count). The van der Waals surface area contributed by atoms with Crippen LogP contribution in [0.25, 0.3) is 0 Å². The zero-order chi connectivity index (χ0) is 20.1. The van der Waals surface area contributed by atoms with Crippen molar-refractivity contribution in [3.8, 4) is 0 Å². The minimum atomic E-state index is -3.32. The van der Waals surface area contributed by atoms with E-state index in [-0.39, 0.29) is 5.43 Å². The number of rotatable bonds is 6. The fourth-order valence-electron chi connectivity index (χ4n) is 3.29. The van der Waals surface area contributed by atoms with E-state index < -0.39 is 16.1 Å². The first-order chi connectivity index (χ1) is 13.3. The number of piperazine rings is 1. The molecule has 1 fully saturated rings. The Morgan fingerprint density at radius 3 is 2.29 bits per heavy atom. The van der Waals surface area contributed by atoms with Crippen molar-refractivity contribution in [2.45, 2.75) is 6.10 Å². The number of hydrogen-bond acceptors (Lipinski definition) is 6. The van der Waals surface area contributed by atoms with Gasteiger partial charge in [0.25, 0.3) is 0 Å². The van der Waals surface area contributed by atoms with Crippen LogP contribution < -0.4 is 15.1 Å². The molecule has 1 atom stereocenters. The lowest BCUT2D eigenvalue weighted by molar-refractivity contribution is 0.109. The van der Waals surface area contributed by atoms with Gasteiger partial charge in [0.05, 0.1) is 18.0 Å². The molecule has 0 radical (unpaired) electrons. The van der Waals surface area contributed by atoms with Gasteiger partial charge in [0.2, 0.25) is 15.5 Å². The van der Waals surface area contributed by atoms with Gasteiger partial charge in [-0.25, -0.2) is 8.42 Å². The van der Waals surface area contributed by atoms with Crippen LogP contribution in [-0.4, -0.2) is 57.4 Å². The van der Waals surface area contributed by atoms with Crippen molar-refractivity contribution >= 4 is 21.4 Å². The van der Waals surface area contributed by atoms with Crippen LogP contribution in [-0.2, 0) is 10.0 Å². The molecule has 0 saturated carbocycles. The second-order valence-electron chi connectivity index (χ2n) is 6.96. The van der Waals surface area contributed by atoms with Crippen LogP contribution in [0.5, 0.6) is 0 Å². The Balaban J connectivity index is 1.56.